The average molecular weight is 255 g/mol. The minimum atomic E-state index is -2.01. The zero-order chi connectivity index (χ0) is 13.7. The number of nitrogens with zero attached hydrogens (tertiary/aromatic N) is 4. The first-order valence-corrected chi connectivity index (χ1v) is 8.40. The van der Waals surface area contributed by atoms with E-state index in [1.54, 1.807) is 0 Å². The zero-order valence-electron chi connectivity index (χ0n) is 11.1. The maximum atomic E-state index is 8.83. The van der Waals surface area contributed by atoms with Crippen molar-refractivity contribution >= 4 is 8.32 Å². The van der Waals surface area contributed by atoms with Gasteiger partial charge in [0.2, 0.25) is 0 Å². The molecule has 0 aromatic rings. The molecule has 0 amide bonds. The maximum absolute atomic E-state index is 8.83. The highest BCUT2D eigenvalue weighted by molar-refractivity contribution is 6.74. The van der Waals surface area contributed by atoms with E-state index in [1.807, 2.05) is 6.07 Å². The van der Waals surface area contributed by atoms with Crippen LogP contribution in [0.5, 0.6) is 0 Å². The molecule has 6 nitrogen and oxygen atoms in total. The van der Waals surface area contributed by atoms with Crippen molar-refractivity contribution < 1.29 is 4.43 Å². The van der Waals surface area contributed by atoms with Crippen molar-refractivity contribution in [1.29, 1.82) is 5.26 Å². The third-order valence-corrected chi connectivity index (χ3v) is 7.63. The van der Waals surface area contributed by atoms with E-state index in [4.69, 9.17) is 21.0 Å². The minimum absolute atomic E-state index is 0.0246. The van der Waals surface area contributed by atoms with Gasteiger partial charge < -0.3 is 10.2 Å². The van der Waals surface area contributed by atoms with E-state index in [1.165, 1.54) is 0 Å². The SMILES string of the molecule is CC(C)(C)[Si](C)(C)O[C@@H](CN=[N+]=[N-])[C@H](N)C#N. The van der Waals surface area contributed by atoms with Crippen molar-refractivity contribution in [2.45, 2.75) is 51.0 Å². The average Bonchev–Trinajstić information content (AvgIpc) is 2.21. The molecule has 0 saturated heterocycles. The van der Waals surface area contributed by atoms with Gasteiger partial charge in [-0.3, -0.25) is 0 Å². The lowest BCUT2D eigenvalue weighted by Crippen LogP contribution is -2.50. The van der Waals surface area contributed by atoms with Crippen LogP contribution in [0, 0.1) is 11.3 Å². The van der Waals surface area contributed by atoms with E-state index in [9.17, 15) is 0 Å². The largest absolute Gasteiger partial charge is 0.411 e. The summed E-state index contributed by atoms with van der Waals surface area (Å²) in [6.07, 6.45) is -0.531. The highest BCUT2D eigenvalue weighted by atomic mass is 28.4. The van der Waals surface area contributed by atoms with Crippen molar-refractivity contribution in [3.05, 3.63) is 10.4 Å². The number of hydrogen-bond acceptors (Lipinski definition) is 4. The molecule has 2 atom stereocenters. The number of nitrogens with two attached hydrogens (primary N) is 1. The van der Waals surface area contributed by atoms with E-state index < -0.39 is 20.5 Å². The van der Waals surface area contributed by atoms with E-state index in [0.29, 0.717) is 0 Å². The Morgan fingerprint density at radius 2 is 2.06 bits per heavy atom. The van der Waals surface area contributed by atoms with Gasteiger partial charge in [-0.2, -0.15) is 5.26 Å². The van der Waals surface area contributed by atoms with Crippen molar-refractivity contribution in [2.24, 2.45) is 10.8 Å². The maximum Gasteiger partial charge on any atom is 0.192 e. The second-order valence-corrected chi connectivity index (χ2v) is 10.2. The summed E-state index contributed by atoms with van der Waals surface area (Å²) in [5.74, 6) is 0. The summed E-state index contributed by atoms with van der Waals surface area (Å²) in [5.41, 5.74) is 14.0. The van der Waals surface area contributed by atoms with Gasteiger partial charge >= 0.3 is 0 Å². The minimum Gasteiger partial charge on any atom is -0.411 e. The van der Waals surface area contributed by atoms with E-state index in [0.717, 1.165) is 0 Å². The lowest BCUT2D eigenvalue weighted by molar-refractivity contribution is 0.176. The molecule has 0 unspecified atom stereocenters. The van der Waals surface area contributed by atoms with Crippen LogP contribution in [-0.4, -0.2) is 27.0 Å². The molecule has 2 N–H and O–H groups in total. The van der Waals surface area contributed by atoms with Crippen LogP contribution in [0.15, 0.2) is 5.11 Å². The molecule has 0 bridgehead atoms. The summed E-state index contributed by atoms with van der Waals surface area (Å²) in [7, 11) is -2.01. The number of azide groups is 1. The Morgan fingerprint density at radius 1 is 1.53 bits per heavy atom. The Hall–Kier alpha value is -1.06. The van der Waals surface area contributed by atoms with Crippen molar-refractivity contribution in [1.82, 2.24) is 0 Å². The van der Waals surface area contributed by atoms with Crippen LogP contribution < -0.4 is 5.73 Å². The van der Waals surface area contributed by atoms with Crippen LogP contribution in [0.25, 0.3) is 10.4 Å². The molecule has 96 valence electrons. The molecule has 0 saturated carbocycles. The fourth-order valence-corrected chi connectivity index (χ4v) is 2.31. The summed E-state index contributed by atoms with van der Waals surface area (Å²) >= 11 is 0. The first kappa shape index (κ1) is 15.9. The Balaban J connectivity index is 4.87. The summed E-state index contributed by atoms with van der Waals surface area (Å²) in [6.45, 7) is 10.5. The predicted octanol–water partition coefficient (Wildman–Crippen LogP) is 2.54. The van der Waals surface area contributed by atoms with Gasteiger partial charge in [-0.1, -0.05) is 25.9 Å². The molecular weight excluding hydrogens is 234 g/mol. The van der Waals surface area contributed by atoms with Crippen molar-refractivity contribution in [2.75, 3.05) is 6.54 Å². The number of rotatable bonds is 5. The summed E-state index contributed by atoms with van der Waals surface area (Å²) in [6, 6.07) is 1.17. The van der Waals surface area contributed by atoms with Gasteiger partial charge in [0.1, 0.15) is 6.04 Å². The lowest BCUT2D eigenvalue weighted by Gasteiger charge is -2.39. The molecule has 0 aromatic carbocycles. The Labute approximate surface area is 104 Å². The first-order valence-electron chi connectivity index (χ1n) is 5.49. The molecule has 0 aliphatic carbocycles. The van der Waals surface area contributed by atoms with Gasteiger partial charge in [0.05, 0.1) is 18.7 Å². The van der Waals surface area contributed by atoms with Gasteiger partial charge in [-0.15, -0.1) is 0 Å². The molecule has 7 heteroatoms. The van der Waals surface area contributed by atoms with E-state index >= 15 is 0 Å². The lowest BCUT2D eigenvalue weighted by atomic mass is 10.2. The quantitative estimate of drug-likeness (QED) is 0.353. The van der Waals surface area contributed by atoms with Gasteiger partial charge in [0, 0.05) is 4.91 Å². The summed E-state index contributed by atoms with van der Waals surface area (Å²) < 4.78 is 5.98. The van der Waals surface area contributed by atoms with Gasteiger partial charge in [-0.05, 0) is 23.7 Å². The molecule has 17 heavy (non-hydrogen) atoms. The van der Waals surface area contributed by atoms with Crippen LogP contribution in [0.3, 0.4) is 0 Å². The fourth-order valence-electron chi connectivity index (χ4n) is 0.979. The summed E-state index contributed by atoms with van der Waals surface area (Å²) in [5, 5.41) is 12.3. The second-order valence-electron chi connectivity index (χ2n) is 5.48. The number of hydrogen-bond donors (Lipinski definition) is 1. The van der Waals surface area contributed by atoms with Crippen LogP contribution in [0.4, 0.5) is 0 Å². The standard InChI is InChI=1S/C10H21N5OSi/c1-10(2,3)17(4,5)16-9(7-14-15-13)8(12)6-11/h8-9H,7,12H2,1-5H3/t8-,9+/m1/s1. The molecule has 0 heterocycles. The fraction of sp³-hybridized carbons (Fsp3) is 0.900. The monoisotopic (exact) mass is 255 g/mol. The van der Waals surface area contributed by atoms with Crippen LogP contribution in [-0.2, 0) is 4.43 Å². The topological polar surface area (TPSA) is 108 Å². The first-order chi connectivity index (χ1) is 7.65. The molecule has 0 aliphatic heterocycles. The highest BCUT2D eigenvalue weighted by Crippen LogP contribution is 2.37. The Bertz CT molecular complexity index is 338. The van der Waals surface area contributed by atoms with Gasteiger partial charge in [0.25, 0.3) is 0 Å². The molecule has 0 radical (unpaired) electrons. The third kappa shape index (κ3) is 4.75. The molecular formula is C10H21N5OSi. The molecule has 0 fully saturated rings. The molecule has 0 aromatic heterocycles. The Kier molecular flexibility index (Phi) is 5.65. The predicted molar refractivity (Wildman–Crippen MR) is 69.7 cm³/mol. The molecule has 0 aliphatic rings. The van der Waals surface area contributed by atoms with Crippen LogP contribution in [0.1, 0.15) is 20.8 Å². The zero-order valence-corrected chi connectivity index (χ0v) is 12.1. The van der Waals surface area contributed by atoms with Gasteiger partial charge in [0.15, 0.2) is 8.32 Å². The van der Waals surface area contributed by atoms with Crippen molar-refractivity contribution in [3.63, 3.8) is 0 Å². The normalized spacial score (nSPS) is 15.6. The van der Waals surface area contributed by atoms with Gasteiger partial charge in [-0.25, -0.2) is 0 Å². The second kappa shape index (κ2) is 6.03. The molecule has 0 spiro atoms. The molecule has 0 rings (SSSR count). The van der Waals surface area contributed by atoms with E-state index in [-0.39, 0.29) is 11.6 Å². The summed E-state index contributed by atoms with van der Waals surface area (Å²) in [4.78, 5) is 2.68. The van der Waals surface area contributed by atoms with Crippen molar-refractivity contribution in [3.8, 4) is 6.07 Å². The highest BCUT2D eigenvalue weighted by Gasteiger charge is 2.40. The van der Waals surface area contributed by atoms with Crippen LogP contribution in [0.2, 0.25) is 18.1 Å². The van der Waals surface area contributed by atoms with E-state index in [2.05, 4.69) is 43.9 Å². The third-order valence-electron chi connectivity index (χ3n) is 3.13. The smallest absolute Gasteiger partial charge is 0.192 e. The number of nitriles is 1. The van der Waals surface area contributed by atoms with Crippen LogP contribution >= 0.6 is 0 Å². The Morgan fingerprint density at radius 3 is 2.41 bits per heavy atom.